The van der Waals surface area contributed by atoms with E-state index in [9.17, 15) is 26.4 Å². The van der Waals surface area contributed by atoms with Crippen molar-refractivity contribution in [2.24, 2.45) is 0 Å². The molecule has 3 rings (SSSR count). The lowest BCUT2D eigenvalue weighted by Crippen LogP contribution is -2.61. The highest BCUT2D eigenvalue weighted by Gasteiger charge is 2.49. The molecule has 0 spiro atoms. The number of sulfonamides is 1. The minimum atomic E-state index is -4.70. The second kappa shape index (κ2) is 9.35. The molecule has 1 N–H and O–H groups in total. The lowest BCUT2D eigenvalue weighted by atomic mass is 10.1. The van der Waals surface area contributed by atoms with Gasteiger partial charge in [-0.1, -0.05) is 0 Å². The summed E-state index contributed by atoms with van der Waals surface area (Å²) in [5.74, 6) is -0.382. The van der Waals surface area contributed by atoms with Crippen LogP contribution in [0.3, 0.4) is 0 Å². The predicted octanol–water partition coefficient (Wildman–Crippen LogP) is 0.629. The molecule has 0 radical (unpaired) electrons. The number of halogens is 3. The molecule has 0 aromatic carbocycles. The van der Waals surface area contributed by atoms with Crippen LogP contribution in [0, 0.1) is 0 Å². The zero-order chi connectivity index (χ0) is 22.8. The second-order valence-electron chi connectivity index (χ2n) is 7.62. The third-order valence-electron chi connectivity index (χ3n) is 5.48. The number of anilines is 2. The number of aromatic nitrogens is 1. The third-order valence-corrected chi connectivity index (χ3v) is 7.28. The van der Waals surface area contributed by atoms with Gasteiger partial charge in [-0.25, -0.2) is 8.42 Å². The van der Waals surface area contributed by atoms with Gasteiger partial charge >= 0.3 is 6.18 Å². The van der Waals surface area contributed by atoms with Crippen LogP contribution >= 0.6 is 0 Å². The lowest BCUT2D eigenvalue weighted by Gasteiger charge is -2.42. The minimum absolute atomic E-state index is 0.0115. The molecule has 9 nitrogen and oxygen atoms in total. The first-order valence-electron chi connectivity index (χ1n) is 9.92. The molecule has 3 heterocycles. The molecule has 1 aromatic rings. The second-order valence-corrected chi connectivity index (χ2v) is 9.71. The van der Waals surface area contributed by atoms with E-state index in [1.165, 1.54) is 19.2 Å². The van der Waals surface area contributed by atoms with Crippen molar-refractivity contribution in [3.63, 3.8) is 0 Å². The number of alkyl halides is 3. The highest BCUT2D eigenvalue weighted by atomic mass is 32.2. The van der Waals surface area contributed by atoms with Gasteiger partial charge in [0.15, 0.2) is 0 Å². The summed E-state index contributed by atoms with van der Waals surface area (Å²) in [6, 6.07) is 0.729. The Morgan fingerprint density at radius 1 is 1.23 bits per heavy atom. The number of H-pyrrole nitrogens is 1. The summed E-state index contributed by atoms with van der Waals surface area (Å²) >= 11 is 0. The smallest absolute Gasteiger partial charge is 0.384 e. The Labute approximate surface area is 178 Å². The number of ether oxygens (including phenoxy) is 2. The number of aromatic amines is 1. The molecular weight excluding hydrogens is 441 g/mol. The first kappa shape index (κ1) is 23.8. The maximum Gasteiger partial charge on any atom is 0.410 e. The van der Waals surface area contributed by atoms with Crippen LogP contribution < -0.4 is 15.4 Å². The van der Waals surface area contributed by atoms with Crippen LogP contribution in [-0.4, -0.2) is 94.8 Å². The van der Waals surface area contributed by atoms with Gasteiger partial charge in [0, 0.05) is 57.2 Å². The van der Waals surface area contributed by atoms with Gasteiger partial charge in [-0.15, -0.1) is 0 Å². The van der Waals surface area contributed by atoms with Crippen LogP contribution in [0.2, 0.25) is 0 Å². The monoisotopic (exact) mass is 468 g/mol. The van der Waals surface area contributed by atoms with E-state index >= 15 is 0 Å². The summed E-state index contributed by atoms with van der Waals surface area (Å²) in [5.41, 5.74) is -0.0205. The van der Waals surface area contributed by atoms with E-state index in [1.807, 2.05) is 11.8 Å². The van der Waals surface area contributed by atoms with Crippen LogP contribution in [-0.2, 0) is 19.5 Å². The molecule has 2 fully saturated rings. The first-order chi connectivity index (χ1) is 14.5. The maximum atomic E-state index is 13.9. The number of hydrogen-bond acceptors (Lipinski definition) is 7. The van der Waals surface area contributed by atoms with E-state index in [2.05, 4.69) is 4.98 Å². The molecule has 0 saturated carbocycles. The Balaban J connectivity index is 1.90. The van der Waals surface area contributed by atoms with Crippen LogP contribution in [0.4, 0.5) is 24.7 Å². The Bertz CT molecular complexity index is 924. The quantitative estimate of drug-likeness (QED) is 0.654. The van der Waals surface area contributed by atoms with Crippen molar-refractivity contribution in [3.8, 4) is 0 Å². The summed E-state index contributed by atoms with van der Waals surface area (Å²) in [4.78, 5) is 17.7. The van der Waals surface area contributed by atoms with E-state index < -0.39 is 40.1 Å². The molecular formula is C18H27F3N4O5S. The third kappa shape index (κ3) is 5.51. The molecule has 0 bridgehead atoms. The van der Waals surface area contributed by atoms with Crippen molar-refractivity contribution in [2.75, 3.05) is 68.7 Å². The summed E-state index contributed by atoms with van der Waals surface area (Å²) in [6.45, 7) is 2.12. The highest BCUT2D eigenvalue weighted by Crippen LogP contribution is 2.33. The van der Waals surface area contributed by atoms with Gasteiger partial charge < -0.3 is 24.3 Å². The average Bonchev–Trinajstić information content (AvgIpc) is 2.71. The zero-order valence-corrected chi connectivity index (χ0v) is 18.2. The van der Waals surface area contributed by atoms with E-state index in [4.69, 9.17) is 9.47 Å². The molecule has 13 heteroatoms. The minimum Gasteiger partial charge on any atom is -0.384 e. The number of pyridine rings is 1. The fraction of sp³-hybridized carbons (Fsp3) is 0.722. The number of nitrogens with one attached hydrogen (secondary N) is 1. The van der Waals surface area contributed by atoms with Crippen molar-refractivity contribution in [2.45, 2.75) is 25.2 Å². The van der Waals surface area contributed by atoms with Gasteiger partial charge in [0.1, 0.15) is 11.9 Å². The molecule has 0 amide bonds. The molecule has 31 heavy (non-hydrogen) atoms. The number of methoxy groups -OCH3 is 1. The largest absolute Gasteiger partial charge is 0.410 e. The fourth-order valence-electron chi connectivity index (χ4n) is 3.84. The summed E-state index contributed by atoms with van der Waals surface area (Å²) in [6.07, 6.45) is -4.70. The standard InChI is InChI=1S/C18H27F3N4O5S/c1-13-12-30-6-5-24(13)14-9-16(22-17(26)10-14)25-4-3-23(11-15(25)18(19,20)21)31(27,28)8-7-29-2/h9-10,13,15H,3-8,11-12H2,1-2H3,(H,22,26). The van der Waals surface area contributed by atoms with Crippen LogP contribution in [0.1, 0.15) is 6.92 Å². The van der Waals surface area contributed by atoms with Crippen molar-refractivity contribution >= 4 is 21.5 Å². The van der Waals surface area contributed by atoms with E-state index in [0.29, 0.717) is 25.4 Å². The van der Waals surface area contributed by atoms with Crippen LogP contribution in [0.5, 0.6) is 0 Å². The van der Waals surface area contributed by atoms with Crippen molar-refractivity contribution in [1.82, 2.24) is 9.29 Å². The summed E-state index contributed by atoms with van der Waals surface area (Å²) in [5, 5.41) is 0. The Hall–Kier alpha value is -1.83. The summed E-state index contributed by atoms with van der Waals surface area (Å²) < 4.78 is 77.5. The molecule has 2 saturated heterocycles. The SMILES string of the molecule is COCCS(=O)(=O)N1CCN(c2cc(N3CCOCC3C)cc(=O)[nH]2)C(C(F)(F)F)C1. The molecule has 176 valence electrons. The van der Waals surface area contributed by atoms with Gasteiger partial charge in [-0.2, -0.15) is 17.5 Å². The maximum absolute atomic E-state index is 13.9. The van der Waals surface area contributed by atoms with Crippen molar-refractivity contribution in [3.05, 3.63) is 22.5 Å². The normalized spacial score (nSPS) is 23.9. The lowest BCUT2D eigenvalue weighted by molar-refractivity contribution is -0.153. The van der Waals surface area contributed by atoms with Crippen LogP contribution in [0.15, 0.2) is 16.9 Å². The molecule has 1 aromatic heterocycles. The fourth-order valence-corrected chi connectivity index (χ4v) is 5.21. The zero-order valence-electron chi connectivity index (χ0n) is 17.4. The Kier molecular flexibility index (Phi) is 7.18. The van der Waals surface area contributed by atoms with E-state index in [1.54, 1.807) is 0 Å². The number of nitrogens with zero attached hydrogens (tertiary/aromatic N) is 3. The summed E-state index contributed by atoms with van der Waals surface area (Å²) in [7, 11) is -2.57. The van der Waals surface area contributed by atoms with Gasteiger partial charge in [0.05, 0.1) is 25.6 Å². The van der Waals surface area contributed by atoms with Crippen molar-refractivity contribution < 1.29 is 31.1 Å². The van der Waals surface area contributed by atoms with Gasteiger partial charge in [-0.3, -0.25) is 4.79 Å². The van der Waals surface area contributed by atoms with Gasteiger partial charge in [0.2, 0.25) is 10.0 Å². The molecule has 2 unspecified atom stereocenters. The average molecular weight is 468 g/mol. The van der Waals surface area contributed by atoms with Gasteiger partial charge in [0.25, 0.3) is 5.56 Å². The predicted molar refractivity (Wildman–Crippen MR) is 109 cm³/mol. The van der Waals surface area contributed by atoms with E-state index in [-0.39, 0.29) is 31.6 Å². The number of piperazine rings is 1. The Morgan fingerprint density at radius 2 is 1.97 bits per heavy atom. The Morgan fingerprint density at radius 3 is 2.61 bits per heavy atom. The van der Waals surface area contributed by atoms with Crippen molar-refractivity contribution in [1.29, 1.82) is 0 Å². The van der Waals surface area contributed by atoms with Gasteiger partial charge in [-0.05, 0) is 6.92 Å². The molecule has 0 aliphatic carbocycles. The highest BCUT2D eigenvalue weighted by molar-refractivity contribution is 7.89. The first-order valence-corrected chi connectivity index (χ1v) is 11.5. The molecule has 2 aliphatic heterocycles. The number of morpholine rings is 1. The topological polar surface area (TPSA) is 95.2 Å². The van der Waals surface area contributed by atoms with E-state index in [0.717, 1.165) is 9.21 Å². The number of hydrogen-bond donors (Lipinski definition) is 1. The molecule has 2 aliphatic rings. The molecule has 2 atom stereocenters. The number of rotatable bonds is 6. The van der Waals surface area contributed by atoms with Crippen LogP contribution in [0.25, 0.3) is 0 Å².